The Bertz CT molecular complexity index is 398. The first-order valence-corrected chi connectivity index (χ1v) is 6.06. The maximum Gasteiger partial charge on any atom is 0.408 e. The highest BCUT2D eigenvalue weighted by molar-refractivity contribution is 5.69. The van der Waals surface area contributed by atoms with Crippen molar-refractivity contribution in [1.29, 1.82) is 0 Å². The molecule has 0 spiro atoms. The SMILES string of the molecule is C#CC1=C(C)[C@@H](NC(=O)OC(C)(C)C)C[C@H](O)C1. The molecule has 1 aliphatic carbocycles. The third kappa shape index (κ3) is 4.08. The Balaban J connectivity index is 2.72. The van der Waals surface area contributed by atoms with E-state index in [0.29, 0.717) is 12.8 Å². The van der Waals surface area contributed by atoms with Gasteiger partial charge in [-0.15, -0.1) is 6.42 Å². The van der Waals surface area contributed by atoms with Crippen LogP contribution in [0.25, 0.3) is 0 Å². The minimum absolute atomic E-state index is 0.255. The van der Waals surface area contributed by atoms with Crippen molar-refractivity contribution < 1.29 is 14.6 Å². The lowest BCUT2D eigenvalue weighted by atomic mass is 9.87. The molecule has 0 radical (unpaired) electrons. The molecule has 0 unspecified atom stereocenters. The molecule has 0 saturated heterocycles. The van der Waals surface area contributed by atoms with Crippen LogP contribution in [0.3, 0.4) is 0 Å². The van der Waals surface area contributed by atoms with E-state index in [-0.39, 0.29) is 6.04 Å². The number of nitrogens with one attached hydrogen (secondary N) is 1. The summed E-state index contributed by atoms with van der Waals surface area (Å²) in [5.74, 6) is 2.56. The highest BCUT2D eigenvalue weighted by Gasteiger charge is 2.27. The summed E-state index contributed by atoms with van der Waals surface area (Å²) in [6.07, 6.45) is 5.33. The monoisotopic (exact) mass is 251 g/mol. The van der Waals surface area contributed by atoms with Gasteiger partial charge in [0.15, 0.2) is 0 Å². The summed E-state index contributed by atoms with van der Waals surface area (Å²) in [5, 5.41) is 12.5. The van der Waals surface area contributed by atoms with Gasteiger partial charge in [0, 0.05) is 12.0 Å². The maximum atomic E-state index is 11.7. The minimum Gasteiger partial charge on any atom is -0.444 e. The van der Waals surface area contributed by atoms with E-state index in [9.17, 15) is 9.90 Å². The molecule has 0 heterocycles. The zero-order valence-electron chi connectivity index (χ0n) is 11.4. The molecule has 1 amide bonds. The molecule has 18 heavy (non-hydrogen) atoms. The van der Waals surface area contributed by atoms with E-state index in [4.69, 9.17) is 11.2 Å². The number of ether oxygens (including phenoxy) is 1. The number of rotatable bonds is 1. The van der Waals surface area contributed by atoms with E-state index in [1.54, 1.807) is 20.8 Å². The quantitative estimate of drug-likeness (QED) is 0.701. The van der Waals surface area contributed by atoms with Crippen molar-refractivity contribution in [3.05, 3.63) is 11.1 Å². The van der Waals surface area contributed by atoms with Crippen LogP contribution in [0.1, 0.15) is 40.5 Å². The summed E-state index contributed by atoms with van der Waals surface area (Å²) < 4.78 is 5.19. The van der Waals surface area contributed by atoms with Crippen LogP contribution in [0.2, 0.25) is 0 Å². The average molecular weight is 251 g/mol. The fourth-order valence-corrected chi connectivity index (χ4v) is 1.93. The Kier molecular flexibility index (Phi) is 4.42. The predicted octanol–water partition coefficient (Wildman–Crippen LogP) is 1.98. The molecule has 0 saturated carbocycles. The molecule has 2 atom stereocenters. The lowest BCUT2D eigenvalue weighted by Gasteiger charge is -2.30. The van der Waals surface area contributed by atoms with Gasteiger partial charge in [0.2, 0.25) is 0 Å². The van der Waals surface area contributed by atoms with Crippen LogP contribution in [-0.2, 0) is 4.74 Å². The van der Waals surface area contributed by atoms with Crippen molar-refractivity contribution in [3.8, 4) is 12.3 Å². The second kappa shape index (κ2) is 5.45. The van der Waals surface area contributed by atoms with Crippen LogP contribution in [0.5, 0.6) is 0 Å². The van der Waals surface area contributed by atoms with Crippen molar-refractivity contribution in [1.82, 2.24) is 5.32 Å². The molecule has 1 rings (SSSR count). The Morgan fingerprint density at radius 1 is 1.56 bits per heavy atom. The third-order valence-electron chi connectivity index (χ3n) is 2.81. The molecule has 100 valence electrons. The van der Waals surface area contributed by atoms with Gasteiger partial charge in [-0.3, -0.25) is 0 Å². The molecular formula is C14H21NO3. The molecule has 0 bridgehead atoms. The zero-order valence-corrected chi connectivity index (χ0v) is 11.4. The first-order valence-electron chi connectivity index (χ1n) is 6.06. The zero-order chi connectivity index (χ0) is 13.9. The second-order valence-electron chi connectivity index (χ2n) is 5.60. The molecule has 0 aromatic rings. The summed E-state index contributed by atoms with van der Waals surface area (Å²) in [4.78, 5) is 11.7. The van der Waals surface area contributed by atoms with E-state index in [1.807, 2.05) is 6.92 Å². The lowest BCUT2D eigenvalue weighted by Crippen LogP contribution is -2.43. The highest BCUT2D eigenvalue weighted by atomic mass is 16.6. The highest BCUT2D eigenvalue weighted by Crippen LogP contribution is 2.25. The largest absolute Gasteiger partial charge is 0.444 e. The molecule has 0 aliphatic heterocycles. The number of aliphatic hydroxyl groups excluding tert-OH is 1. The van der Waals surface area contributed by atoms with Gasteiger partial charge in [-0.1, -0.05) is 5.92 Å². The predicted molar refractivity (Wildman–Crippen MR) is 69.9 cm³/mol. The van der Waals surface area contributed by atoms with Crippen molar-refractivity contribution in [3.63, 3.8) is 0 Å². The number of amides is 1. The Labute approximate surface area is 108 Å². The van der Waals surface area contributed by atoms with E-state index in [0.717, 1.165) is 11.1 Å². The molecule has 1 aliphatic rings. The van der Waals surface area contributed by atoms with Gasteiger partial charge in [0.1, 0.15) is 5.60 Å². The van der Waals surface area contributed by atoms with Gasteiger partial charge in [0.25, 0.3) is 0 Å². The van der Waals surface area contributed by atoms with Gasteiger partial charge in [-0.2, -0.15) is 0 Å². The maximum absolute atomic E-state index is 11.7. The summed E-state index contributed by atoms with van der Waals surface area (Å²) >= 11 is 0. The number of carbonyl (C=O) groups is 1. The van der Waals surface area contributed by atoms with Crippen molar-refractivity contribution in [2.24, 2.45) is 0 Å². The van der Waals surface area contributed by atoms with Crippen molar-refractivity contribution in [2.75, 3.05) is 0 Å². The van der Waals surface area contributed by atoms with E-state index in [1.165, 1.54) is 0 Å². The molecule has 0 aromatic carbocycles. The van der Waals surface area contributed by atoms with Crippen LogP contribution in [0.4, 0.5) is 4.79 Å². The Morgan fingerprint density at radius 3 is 2.67 bits per heavy atom. The average Bonchev–Trinajstić information content (AvgIpc) is 2.20. The van der Waals surface area contributed by atoms with Gasteiger partial charge in [-0.25, -0.2) is 4.79 Å². The third-order valence-corrected chi connectivity index (χ3v) is 2.81. The van der Waals surface area contributed by atoms with Gasteiger partial charge >= 0.3 is 6.09 Å². The van der Waals surface area contributed by atoms with Crippen LogP contribution in [0.15, 0.2) is 11.1 Å². The Morgan fingerprint density at radius 2 is 2.17 bits per heavy atom. The lowest BCUT2D eigenvalue weighted by molar-refractivity contribution is 0.0490. The second-order valence-corrected chi connectivity index (χ2v) is 5.60. The first kappa shape index (κ1) is 14.6. The number of terminal acetylenes is 1. The molecule has 4 heteroatoms. The van der Waals surface area contributed by atoms with E-state index < -0.39 is 17.8 Å². The van der Waals surface area contributed by atoms with Gasteiger partial charge < -0.3 is 15.2 Å². The molecule has 0 aromatic heterocycles. The van der Waals surface area contributed by atoms with E-state index >= 15 is 0 Å². The summed E-state index contributed by atoms with van der Waals surface area (Å²) in [6, 6.07) is -0.255. The molecule has 0 fully saturated rings. The smallest absolute Gasteiger partial charge is 0.408 e. The normalized spacial score (nSPS) is 24.4. The summed E-state index contributed by atoms with van der Waals surface area (Å²) in [6.45, 7) is 7.29. The first-order chi connectivity index (χ1) is 8.23. The number of alkyl carbamates (subject to hydrolysis) is 1. The van der Waals surface area contributed by atoms with Crippen LogP contribution in [-0.4, -0.2) is 28.9 Å². The van der Waals surface area contributed by atoms with Crippen molar-refractivity contribution >= 4 is 6.09 Å². The molecule has 4 nitrogen and oxygen atoms in total. The van der Waals surface area contributed by atoms with Crippen LogP contribution in [0, 0.1) is 12.3 Å². The van der Waals surface area contributed by atoms with Crippen LogP contribution >= 0.6 is 0 Å². The van der Waals surface area contributed by atoms with Gasteiger partial charge in [0.05, 0.1) is 12.1 Å². The standard InChI is InChI=1S/C14H21NO3/c1-6-10-7-11(16)8-12(9(10)2)15-13(17)18-14(3,4)5/h1,11-12,16H,7-8H2,2-5H3,(H,15,17)/t11-,12+/m1/s1. The molecule has 2 N–H and O–H groups in total. The Hall–Kier alpha value is -1.47. The fourth-order valence-electron chi connectivity index (χ4n) is 1.93. The number of carbonyl (C=O) groups excluding carboxylic acids is 1. The minimum atomic E-state index is -0.538. The topological polar surface area (TPSA) is 58.6 Å². The fraction of sp³-hybridized carbons (Fsp3) is 0.643. The molecular weight excluding hydrogens is 230 g/mol. The number of hydrogen-bond acceptors (Lipinski definition) is 3. The number of hydrogen-bond donors (Lipinski definition) is 2. The van der Waals surface area contributed by atoms with Gasteiger partial charge in [-0.05, 0) is 39.7 Å². The van der Waals surface area contributed by atoms with Crippen molar-refractivity contribution in [2.45, 2.75) is 58.3 Å². The number of aliphatic hydroxyl groups is 1. The summed E-state index contributed by atoms with van der Waals surface area (Å²) in [5.41, 5.74) is 1.15. The summed E-state index contributed by atoms with van der Waals surface area (Å²) in [7, 11) is 0. The van der Waals surface area contributed by atoms with Crippen LogP contribution < -0.4 is 5.32 Å². The van der Waals surface area contributed by atoms with E-state index in [2.05, 4.69) is 11.2 Å².